The zero-order valence-electron chi connectivity index (χ0n) is 13.2. The molecule has 22 heavy (non-hydrogen) atoms. The fraction of sp³-hybridized carbons (Fsp3) is 0.368. The Morgan fingerprint density at radius 2 is 2.05 bits per heavy atom. The maximum absolute atomic E-state index is 13.5. The van der Waals surface area contributed by atoms with Crippen LogP contribution < -0.4 is 9.64 Å². The summed E-state index contributed by atoms with van der Waals surface area (Å²) in [5, 5.41) is 0. The van der Waals surface area contributed by atoms with Crippen LogP contribution in [0.4, 0.5) is 10.1 Å². The first-order chi connectivity index (χ1) is 10.7. The molecule has 0 bridgehead atoms. The van der Waals surface area contributed by atoms with Gasteiger partial charge < -0.3 is 9.64 Å². The number of ether oxygens (including phenoxy) is 1. The number of rotatable bonds is 4. The van der Waals surface area contributed by atoms with Crippen molar-refractivity contribution in [2.45, 2.75) is 31.7 Å². The highest BCUT2D eigenvalue weighted by molar-refractivity contribution is 5.56. The van der Waals surface area contributed by atoms with Crippen LogP contribution in [0.1, 0.15) is 24.0 Å². The summed E-state index contributed by atoms with van der Waals surface area (Å²) in [6.45, 7) is 0. The molecule has 0 spiro atoms. The molecule has 0 saturated carbocycles. The number of para-hydroxylation sites is 1. The largest absolute Gasteiger partial charge is 0.496 e. The van der Waals surface area contributed by atoms with E-state index >= 15 is 0 Å². The normalized spacial score (nSPS) is 17.2. The highest BCUT2D eigenvalue weighted by atomic mass is 19.1. The van der Waals surface area contributed by atoms with Crippen LogP contribution in [0.2, 0.25) is 0 Å². The first-order valence-corrected chi connectivity index (χ1v) is 7.82. The zero-order valence-corrected chi connectivity index (χ0v) is 13.2. The molecule has 3 rings (SSSR count). The van der Waals surface area contributed by atoms with E-state index in [1.165, 1.54) is 11.1 Å². The topological polar surface area (TPSA) is 12.5 Å². The monoisotopic (exact) mass is 299 g/mol. The lowest BCUT2D eigenvalue weighted by Gasteiger charge is -2.36. The van der Waals surface area contributed by atoms with E-state index in [0.29, 0.717) is 6.04 Å². The SMILES string of the molecule is COc1ccccc1CCC1CCc2ccc(F)cc2N1C. The fourth-order valence-electron chi connectivity index (χ4n) is 3.36. The van der Waals surface area contributed by atoms with E-state index in [4.69, 9.17) is 4.74 Å². The summed E-state index contributed by atoms with van der Waals surface area (Å²) in [5.74, 6) is 0.795. The molecule has 116 valence electrons. The van der Waals surface area contributed by atoms with E-state index in [2.05, 4.69) is 18.0 Å². The number of hydrogen-bond donors (Lipinski definition) is 0. The van der Waals surface area contributed by atoms with Crippen LogP contribution in [0.15, 0.2) is 42.5 Å². The number of anilines is 1. The van der Waals surface area contributed by atoms with E-state index < -0.39 is 0 Å². The Hall–Kier alpha value is -2.03. The van der Waals surface area contributed by atoms with E-state index in [-0.39, 0.29) is 5.82 Å². The average molecular weight is 299 g/mol. The summed E-state index contributed by atoms with van der Waals surface area (Å²) in [6.07, 6.45) is 4.16. The maximum atomic E-state index is 13.5. The minimum absolute atomic E-state index is 0.157. The average Bonchev–Trinajstić information content (AvgIpc) is 2.55. The van der Waals surface area contributed by atoms with Crippen molar-refractivity contribution in [2.24, 2.45) is 0 Å². The first kappa shape index (κ1) is 14.9. The van der Waals surface area contributed by atoms with Gasteiger partial charge in [0.15, 0.2) is 0 Å². The van der Waals surface area contributed by atoms with Crippen LogP contribution in [-0.2, 0) is 12.8 Å². The van der Waals surface area contributed by atoms with Gasteiger partial charge in [-0.15, -0.1) is 0 Å². The second kappa shape index (κ2) is 6.39. The summed E-state index contributed by atoms with van der Waals surface area (Å²) < 4.78 is 18.9. The summed E-state index contributed by atoms with van der Waals surface area (Å²) in [7, 11) is 3.79. The van der Waals surface area contributed by atoms with Crippen molar-refractivity contribution < 1.29 is 9.13 Å². The molecule has 3 heteroatoms. The van der Waals surface area contributed by atoms with Crippen molar-refractivity contribution in [1.29, 1.82) is 0 Å². The van der Waals surface area contributed by atoms with Gasteiger partial charge in [-0.3, -0.25) is 0 Å². The Labute approximate surface area is 131 Å². The van der Waals surface area contributed by atoms with E-state index in [0.717, 1.165) is 37.1 Å². The van der Waals surface area contributed by atoms with Crippen LogP contribution in [0.25, 0.3) is 0 Å². The van der Waals surface area contributed by atoms with E-state index in [1.54, 1.807) is 19.2 Å². The standard InChI is InChI=1S/C19H22FNO/c1-21-17(11-8-14-7-10-16(20)13-18(14)21)12-9-15-5-3-4-6-19(15)22-2/h3-7,10,13,17H,8-9,11-12H2,1-2H3. The van der Waals surface area contributed by atoms with Gasteiger partial charge in [0.05, 0.1) is 7.11 Å². The van der Waals surface area contributed by atoms with Gasteiger partial charge in [-0.1, -0.05) is 24.3 Å². The second-order valence-electron chi connectivity index (χ2n) is 5.93. The van der Waals surface area contributed by atoms with Crippen LogP contribution in [0.3, 0.4) is 0 Å². The number of methoxy groups -OCH3 is 1. The first-order valence-electron chi connectivity index (χ1n) is 7.82. The summed E-state index contributed by atoms with van der Waals surface area (Å²) in [6, 6.07) is 13.7. The number of halogens is 1. The van der Waals surface area contributed by atoms with Crippen molar-refractivity contribution in [3.8, 4) is 5.75 Å². The third kappa shape index (κ3) is 2.94. The molecule has 2 aromatic rings. The molecule has 0 radical (unpaired) electrons. The molecule has 0 aromatic heterocycles. The molecule has 1 aliphatic heterocycles. The van der Waals surface area contributed by atoms with Crippen LogP contribution >= 0.6 is 0 Å². The molecule has 0 amide bonds. The van der Waals surface area contributed by atoms with Crippen molar-refractivity contribution in [2.75, 3.05) is 19.1 Å². The molecule has 2 aromatic carbocycles. The number of benzene rings is 2. The Morgan fingerprint density at radius 3 is 2.86 bits per heavy atom. The van der Waals surface area contributed by atoms with Gasteiger partial charge in [0.2, 0.25) is 0 Å². The van der Waals surface area contributed by atoms with Crippen molar-refractivity contribution in [3.05, 3.63) is 59.4 Å². The molecular weight excluding hydrogens is 277 g/mol. The van der Waals surface area contributed by atoms with Gasteiger partial charge in [0.1, 0.15) is 11.6 Å². The molecule has 2 nitrogen and oxygen atoms in total. The Kier molecular flexibility index (Phi) is 4.32. The second-order valence-corrected chi connectivity index (χ2v) is 5.93. The zero-order chi connectivity index (χ0) is 15.5. The number of aryl methyl sites for hydroxylation is 2. The van der Waals surface area contributed by atoms with Gasteiger partial charge in [-0.25, -0.2) is 4.39 Å². The molecule has 0 aliphatic carbocycles. The fourth-order valence-corrected chi connectivity index (χ4v) is 3.36. The van der Waals surface area contributed by atoms with Crippen molar-refractivity contribution in [3.63, 3.8) is 0 Å². The van der Waals surface area contributed by atoms with Crippen molar-refractivity contribution in [1.82, 2.24) is 0 Å². The number of fused-ring (bicyclic) bond motifs is 1. The summed E-state index contributed by atoms with van der Waals surface area (Å²) in [4.78, 5) is 2.23. The highest BCUT2D eigenvalue weighted by Crippen LogP contribution is 2.32. The lowest BCUT2D eigenvalue weighted by atomic mass is 9.92. The molecule has 1 heterocycles. The van der Waals surface area contributed by atoms with Gasteiger partial charge >= 0.3 is 0 Å². The lowest BCUT2D eigenvalue weighted by molar-refractivity contribution is 0.407. The molecule has 1 aliphatic rings. The highest BCUT2D eigenvalue weighted by Gasteiger charge is 2.23. The molecular formula is C19H22FNO. The minimum atomic E-state index is -0.157. The molecule has 0 N–H and O–H groups in total. The Bertz CT molecular complexity index is 656. The lowest BCUT2D eigenvalue weighted by Crippen LogP contribution is -2.36. The van der Waals surface area contributed by atoms with Gasteiger partial charge in [-0.2, -0.15) is 0 Å². The van der Waals surface area contributed by atoms with Crippen LogP contribution in [0, 0.1) is 5.82 Å². The predicted molar refractivity (Wildman–Crippen MR) is 88.2 cm³/mol. The maximum Gasteiger partial charge on any atom is 0.125 e. The molecule has 1 atom stereocenters. The van der Waals surface area contributed by atoms with E-state index in [1.807, 2.05) is 24.3 Å². The van der Waals surface area contributed by atoms with Crippen LogP contribution in [0.5, 0.6) is 5.75 Å². The molecule has 1 unspecified atom stereocenters. The third-order valence-corrected chi connectivity index (χ3v) is 4.66. The van der Waals surface area contributed by atoms with Gasteiger partial charge in [0.25, 0.3) is 0 Å². The van der Waals surface area contributed by atoms with Gasteiger partial charge in [0, 0.05) is 18.8 Å². The molecule has 0 fully saturated rings. The Morgan fingerprint density at radius 1 is 1.23 bits per heavy atom. The third-order valence-electron chi connectivity index (χ3n) is 4.66. The number of nitrogens with zero attached hydrogens (tertiary/aromatic N) is 1. The van der Waals surface area contributed by atoms with Crippen LogP contribution in [-0.4, -0.2) is 20.2 Å². The number of hydrogen-bond acceptors (Lipinski definition) is 2. The summed E-state index contributed by atoms with van der Waals surface area (Å²) >= 11 is 0. The Balaban J connectivity index is 1.72. The quantitative estimate of drug-likeness (QED) is 0.838. The smallest absolute Gasteiger partial charge is 0.125 e. The summed E-state index contributed by atoms with van der Waals surface area (Å²) in [5.41, 5.74) is 3.53. The van der Waals surface area contributed by atoms with Gasteiger partial charge in [-0.05, 0) is 55.0 Å². The molecule has 0 saturated heterocycles. The van der Waals surface area contributed by atoms with E-state index in [9.17, 15) is 4.39 Å². The predicted octanol–water partition coefficient (Wildman–Crippen LogP) is 4.22. The minimum Gasteiger partial charge on any atom is -0.496 e. The van der Waals surface area contributed by atoms with Crippen molar-refractivity contribution >= 4 is 5.69 Å².